The van der Waals surface area contributed by atoms with Crippen LogP contribution in [0.2, 0.25) is 0 Å². The van der Waals surface area contributed by atoms with Crippen molar-refractivity contribution >= 4 is 0 Å². The molecule has 3 aromatic carbocycles. The summed E-state index contributed by atoms with van der Waals surface area (Å²) in [5.74, 6) is 0.546. The molecule has 0 saturated heterocycles. The summed E-state index contributed by atoms with van der Waals surface area (Å²) in [6, 6.07) is 30.0. The summed E-state index contributed by atoms with van der Waals surface area (Å²) in [4.78, 5) is 13.6. The topological polar surface area (TPSA) is 93.7 Å². The molecule has 0 aliphatic carbocycles. The number of hydrogen-bond donors (Lipinski definition) is 1. The average Bonchev–Trinajstić information content (AvgIpc) is 3.00. The highest BCUT2D eigenvalue weighted by Gasteiger charge is 2.44. The van der Waals surface area contributed by atoms with Crippen molar-refractivity contribution in [2.24, 2.45) is 0 Å². The van der Waals surface area contributed by atoms with E-state index in [9.17, 15) is 15.2 Å². The number of hydrogen-bond acceptors (Lipinski definition) is 6. The predicted molar refractivity (Wildman–Crippen MR) is 160 cm³/mol. The van der Waals surface area contributed by atoms with E-state index >= 15 is 0 Å². The Kier molecular flexibility index (Phi) is 9.19. The lowest BCUT2D eigenvalue weighted by Crippen LogP contribution is -2.52. The number of benzene rings is 3. The zero-order valence-corrected chi connectivity index (χ0v) is 24.0. The normalized spacial score (nSPS) is 18.0. The molecule has 0 bridgehead atoms. The molecule has 7 heteroatoms. The van der Waals surface area contributed by atoms with Crippen molar-refractivity contribution in [1.29, 1.82) is 5.26 Å². The standard InChI is InChI=1S/C35H36N2O5/c1-35(2)34(39)33(29-20-27(22-36)15-16-31(29)42-35)37-18-17-28(21-32(37)38)30(41-24-26-12-7-4-8-13-26)14-9-19-40-23-25-10-5-3-6-11-25/h3-8,10-13,15-18,20-21,30,33-34,39H,9,14,19,23-24H2,1-2H3/t30?,33-,34+/m0/s1. The Morgan fingerprint density at radius 1 is 0.976 bits per heavy atom. The van der Waals surface area contributed by atoms with Crippen molar-refractivity contribution in [1.82, 2.24) is 4.57 Å². The molecule has 2 heterocycles. The summed E-state index contributed by atoms with van der Waals surface area (Å²) in [6.07, 6.45) is 1.80. The summed E-state index contributed by atoms with van der Waals surface area (Å²) < 4.78 is 19.8. The maximum atomic E-state index is 13.6. The lowest BCUT2D eigenvalue weighted by atomic mass is 9.85. The molecule has 1 unspecified atom stereocenters. The van der Waals surface area contributed by atoms with Gasteiger partial charge in [0.1, 0.15) is 17.5 Å². The fourth-order valence-corrected chi connectivity index (χ4v) is 5.33. The van der Waals surface area contributed by atoms with Gasteiger partial charge in [-0.1, -0.05) is 60.7 Å². The van der Waals surface area contributed by atoms with E-state index in [1.165, 1.54) is 4.57 Å². The minimum Gasteiger partial charge on any atom is -0.485 e. The van der Waals surface area contributed by atoms with Gasteiger partial charge in [-0.3, -0.25) is 4.79 Å². The van der Waals surface area contributed by atoms with E-state index in [-0.39, 0.29) is 11.7 Å². The van der Waals surface area contributed by atoms with Crippen LogP contribution in [0, 0.1) is 11.3 Å². The largest absolute Gasteiger partial charge is 0.485 e. The first-order valence-corrected chi connectivity index (χ1v) is 14.3. The van der Waals surface area contributed by atoms with Crippen LogP contribution in [0.25, 0.3) is 0 Å². The van der Waals surface area contributed by atoms with E-state index in [0.29, 0.717) is 43.1 Å². The molecule has 0 fully saturated rings. The Labute approximate surface area is 246 Å². The van der Waals surface area contributed by atoms with Crippen LogP contribution in [0.3, 0.4) is 0 Å². The molecule has 3 atom stereocenters. The van der Waals surface area contributed by atoms with E-state index in [1.807, 2.05) is 66.7 Å². The van der Waals surface area contributed by atoms with Crippen molar-refractivity contribution in [2.75, 3.05) is 6.61 Å². The number of pyridine rings is 1. The Hall–Kier alpha value is -4.22. The minimum atomic E-state index is -1.02. The van der Waals surface area contributed by atoms with Crippen LogP contribution in [0.1, 0.15) is 66.7 Å². The maximum Gasteiger partial charge on any atom is 0.251 e. The van der Waals surface area contributed by atoms with Crippen LogP contribution < -0.4 is 10.3 Å². The molecule has 5 rings (SSSR count). The second-order valence-electron chi connectivity index (χ2n) is 11.1. The number of aliphatic hydroxyl groups excluding tert-OH is 1. The lowest BCUT2D eigenvalue weighted by molar-refractivity contribution is -0.0643. The van der Waals surface area contributed by atoms with Crippen molar-refractivity contribution < 1.29 is 19.3 Å². The first-order chi connectivity index (χ1) is 20.4. The molecule has 0 amide bonds. The third-order valence-electron chi connectivity index (χ3n) is 7.65. The second kappa shape index (κ2) is 13.2. The number of aliphatic hydroxyl groups is 1. The Morgan fingerprint density at radius 3 is 2.33 bits per heavy atom. The highest BCUT2D eigenvalue weighted by molar-refractivity contribution is 5.47. The van der Waals surface area contributed by atoms with Gasteiger partial charge < -0.3 is 23.9 Å². The quantitative estimate of drug-likeness (QED) is 0.221. The Bertz CT molecular complexity index is 1580. The highest BCUT2D eigenvalue weighted by atomic mass is 16.5. The molecule has 0 spiro atoms. The van der Waals surface area contributed by atoms with E-state index in [4.69, 9.17) is 14.2 Å². The third kappa shape index (κ3) is 6.80. The number of nitrogens with zero attached hydrogens (tertiary/aromatic N) is 2. The molecule has 4 aromatic rings. The van der Waals surface area contributed by atoms with Crippen molar-refractivity contribution in [3.8, 4) is 11.8 Å². The molecule has 7 nitrogen and oxygen atoms in total. The maximum absolute atomic E-state index is 13.6. The van der Waals surface area contributed by atoms with Gasteiger partial charge in [-0.25, -0.2) is 0 Å². The molecule has 1 aromatic heterocycles. The molecular weight excluding hydrogens is 528 g/mol. The van der Waals surface area contributed by atoms with Crippen LogP contribution in [-0.4, -0.2) is 28.0 Å². The molecule has 0 saturated carbocycles. The number of nitriles is 1. The predicted octanol–water partition coefficient (Wildman–Crippen LogP) is 6.10. The van der Waals surface area contributed by atoms with Crippen molar-refractivity contribution in [3.05, 3.63) is 135 Å². The Morgan fingerprint density at radius 2 is 1.67 bits per heavy atom. The number of rotatable bonds is 11. The van der Waals surface area contributed by atoms with Crippen LogP contribution in [0.4, 0.5) is 0 Å². The average molecular weight is 565 g/mol. The van der Waals surface area contributed by atoms with Crippen LogP contribution in [0.15, 0.2) is 102 Å². The monoisotopic (exact) mass is 564 g/mol. The van der Waals surface area contributed by atoms with Gasteiger partial charge in [0, 0.05) is 24.4 Å². The molecule has 1 N–H and O–H groups in total. The number of ether oxygens (including phenoxy) is 3. The molecule has 42 heavy (non-hydrogen) atoms. The van der Waals surface area contributed by atoms with Crippen molar-refractivity contribution in [3.63, 3.8) is 0 Å². The van der Waals surface area contributed by atoms with E-state index in [2.05, 4.69) is 6.07 Å². The molecule has 216 valence electrons. The van der Waals surface area contributed by atoms with Gasteiger partial charge in [0.15, 0.2) is 0 Å². The van der Waals surface area contributed by atoms with Crippen LogP contribution >= 0.6 is 0 Å². The first-order valence-electron chi connectivity index (χ1n) is 14.3. The molecule has 1 aliphatic heterocycles. The molecule has 1 aliphatic rings. The van der Waals surface area contributed by atoms with E-state index < -0.39 is 17.7 Å². The zero-order valence-electron chi connectivity index (χ0n) is 24.0. The van der Waals surface area contributed by atoms with Gasteiger partial charge in [-0.15, -0.1) is 0 Å². The van der Waals surface area contributed by atoms with E-state index in [1.54, 1.807) is 44.3 Å². The van der Waals surface area contributed by atoms with Crippen molar-refractivity contribution in [2.45, 2.75) is 63.8 Å². The molecule has 0 radical (unpaired) electrons. The van der Waals surface area contributed by atoms with Gasteiger partial charge in [0.2, 0.25) is 0 Å². The van der Waals surface area contributed by atoms with Gasteiger partial charge in [0.25, 0.3) is 5.56 Å². The molecular formula is C35H36N2O5. The Balaban J connectivity index is 1.37. The fraction of sp³-hybridized carbons (Fsp3) is 0.314. The summed E-state index contributed by atoms with van der Waals surface area (Å²) in [7, 11) is 0. The SMILES string of the molecule is CC1(C)Oc2ccc(C#N)cc2[C@H](n2ccc(C(CCCOCc3ccccc3)OCc3ccccc3)cc2=O)[C@H]1O. The van der Waals surface area contributed by atoms with Gasteiger partial charge in [-0.2, -0.15) is 5.26 Å². The highest BCUT2D eigenvalue weighted by Crippen LogP contribution is 2.42. The summed E-state index contributed by atoms with van der Waals surface area (Å²) in [5.41, 5.74) is 2.77. The summed E-state index contributed by atoms with van der Waals surface area (Å²) >= 11 is 0. The van der Waals surface area contributed by atoms with Crippen LogP contribution in [0.5, 0.6) is 5.75 Å². The first kappa shape index (κ1) is 29.3. The summed E-state index contributed by atoms with van der Waals surface area (Å²) in [6.45, 7) is 5.11. The lowest BCUT2D eigenvalue weighted by Gasteiger charge is -2.42. The van der Waals surface area contributed by atoms with E-state index in [0.717, 1.165) is 23.1 Å². The smallest absolute Gasteiger partial charge is 0.251 e. The number of aromatic nitrogens is 1. The third-order valence-corrected chi connectivity index (χ3v) is 7.65. The minimum absolute atomic E-state index is 0.267. The summed E-state index contributed by atoms with van der Waals surface area (Å²) in [5, 5.41) is 20.8. The number of fused-ring (bicyclic) bond motifs is 1. The van der Waals surface area contributed by atoms with Crippen LogP contribution in [-0.2, 0) is 22.7 Å². The zero-order chi connectivity index (χ0) is 29.5. The second-order valence-corrected chi connectivity index (χ2v) is 11.1. The van der Waals surface area contributed by atoms with Gasteiger partial charge >= 0.3 is 0 Å². The van der Waals surface area contributed by atoms with Gasteiger partial charge in [-0.05, 0) is 67.6 Å². The fourth-order valence-electron chi connectivity index (χ4n) is 5.33. The van der Waals surface area contributed by atoms with Gasteiger partial charge in [0.05, 0.1) is 37.0 Å².